The molecule has 76 valence electrons. The van der Waals surface area contributed by atoms with Crippen molar-refractivity contribution in [3.8, 4) is 0 Å². The fraction of sp³-hybridized carbons (Fsp3) is 0.167. The summed E-state index contributed by atoms with van der Waals surface area (Å²) in [7, 11) is 0. The predicted molar refractivity (Wildman–Crippen MR) is 55.7 cm³/mol. The standard InChI is InChI=1S/C12H11NO2/c1-9-11(4-7-15-9)12(14)8-10-2-5-13-6-3-10/h2-7H,8H2,1H3. The first-order valence-corrected chi connectivity index (χ1v) is 4.73. The Bertz CT molecular complexity index is 459. The summed E-state index contributed by atoms with van der Waals surface area (Å²) < 4.78 is 5.09. The van der Waals surface area contributed by atoms with Crippen LogP contribution in [0, 0.1) is 6.92 Å². The molecule has 2 rings (SSSR count). The summed E-state index contributed by atoms with van der Waals surface area (Å²) in [6.45, 7) is 1.79. The zero-order valence-electron chi connectivity index (χ0n) is 8.43. The summed E-state index contributed by atoms with van der Waals surface area (Å²) in [5, 5.41) is 0. The third-order valence-corrected chi connectivity index (χ3v) is 2.27. The maximum Gasteiger partial charge on any atom is 0.170 e. The van der Waals surface area contributed by atoms with Crippen molar-refractivity contribution in [2.75, 3.05) is 0 Å². The second kappa shape index (κ2) is 4.09. The van der Waals surface area contributed by atoms with Gasteiger partial charge in [0.05, 0.1) is 11.8 Å². The number of rotatable bonds is 3. The summed E-state index contributed by atoms with van der Waals surface area (Å²) in [4.78, 5) is 15.7. The lowest BCUT2D eigenvalue weighted by atomic mass is 10.1. The number of pyridine rings is 1. The topological polar surface area (TPSA) is 43.1 Å². The van der Waals surface area contributed by atoms with Crippen LogP contribution < -0.4 is 0 Å². The minimum atomic E-state index is 0.0763. The van der Waals surface area contributed by atoms with Crippen LogP contribution >= 0.6 is 0 Å². The molecule has 0 spiro atoms. The molecule has 0 amide bonds. The fourth-order valence-electron chi connectivity index (χ4n) is 1.46. The molecule has 2 heterocycles. The Morgan fingerprint density at radius 1 is 1.33 bits per heavy atom. The first kappa shape index (κ1) is 9.65. The third-order valence-electron chi connectivity index (χ3n) is 2.27. The molecular weight excluding hydrogens is 190 g/mol. The summed E-state index contributed by atoms with van der Waals surface area (Å²) >= 11 is 0. The number of nitrogens with zero attached hydrogens (tertiary/aromatic N) is 1. The van der Waals surface area contributed by atoms with Crippen molar-refractivity contribution in [3.05, 3.63) is 53.7 Å². The highest BCUT2D eigenvalue weighted by molar-refractivity contribution is 5.98. The largest absolute Gasteiger partial charge is 0.469 e. The molecule has 2 aromatic rings. The quantitative estimate of drug-likeness (QED) is 0.716. The van der Waals surface area contributed by atoms with E-state index in [2.05, 4.69) is 4.98 Å². The lowest BCUT2D eigenvalue weighted by Crippen LogP contribution is -2.03. The number of carbonyl (C=O) groups excluding carboxylic acids is 1. The van der Waals surface area contributed by atoms with E-state index < -0.39 is 0 Å². The molecule has 0 aliphatic rings. The van der Waals surface area contributed by atoms with Gasteiger partial charge in [0, 0.05) is 18.8 Å². The van der Waals surface area contributed by atoms with E-state index in [9.17, 15) is 4.79 Å². The van der Waals surface area contributed by atoms with Gasteiger partial charge in [-0.2, -0.15) is 0 Å². The number of ketones is 1. The van der Waals surface area contributed by atoms with Gasteiger partial charge in [-0.1, -0.05) is 0 Å². The number of aryl methyl sites for hydroxylation is 1. The highest BCUT2D eigenvalue weighted by Gasteiger charge is 2.11. The molecule has 15 heavy (non-hydrogen) atoms. The number of carbonyl (C=O) groups is 1. The first-order chi connectivity index (χ1) is 7.27. The van der Waals surface area contributed by atoms with Crippen LogP contribution in [0.1, 0.15) is 21.7 Å². The normalized spacial score (nSPS) is 10.2. The Labute approximate surface area is 87.8 Å². The average Bonchev–Trinajstić information content (AvgIpc) is 2.66. The Morgan fingerprint density at radius 2 is 2.07 bits per heavy atom. The van der Waals surface area contributed by atoms with Crippen molar-refractivity contribution in [1.82, 2.24) is 4.98 Å². The molecule has 0 atom stereocenters. The van der Waals surface area contributed by atoms with Gasteiger partial charge in [-0.15, -0.1) is 0 Å². The zero-order chi connectivity index (χ0) is 10.7. The van der Waals surface area contributed by atoms with Crippen LogP contribution in [0.25, 0.3) is 0 Å². The highest BCUT2D eigenvalue weighted by Crippen LogP contribution is 2.12. The van der Waals surface area contributed by atoms with E-state index in [4.69, 9.17) is 4.42 Å². The van der Waals surface area contributed by atoms with Crippen molar-refractivity contribution in [1.29, 1.82) is 0 Å². The second-order valence-electron chi connectivity index (χ2n) is 3.35. The summed E-state index contributed by atoms with van der Waals surface area (Å²) in [5.41, 5.74) is 1.63. The van der Waals surface area contributed by atoms with E-state index >= 15 is 0 Å². The molecule has 0 saturated carbocycles. The van der Waals surface area contributed by atoms with E-state index in [0.717, 1.165) is 5.56 Å². The third kappa shape index (κ3) is 2.13. The second-order valence-corrected chi connectivity index (χ2v) is 3.35. The van der Waals surface area contributed by atoms with Crippen LogP contribution in [0.2, 0.25) is 0 Å². The molecule has 0 unspecified atom stereocenters. The average molecular weight is 201 g/mol. The van der Waals surface area contributed by atoms with Crippen LogP contribution in [0.3, 0.4) is 0 Å². The van der Waals surface area contributed by atoms with Crippen LogP contribution in [0.15, 0.2) is 41.3 Å². The number of furan rings is 1. The van der Waals surface area contributed by atoms with Gasteiger partial charge in [0.1, 0.15) is 5.76 Å². The van der Waals surface area contributed by atoms with Gasteiger partial charge in [0.15, 0.2) is 5.78 Å². The maximum absolute atomic E-state index is 11.8. The molecular formula is C12H11NO2. The minimum absolute atomic E-state index is 0.0763. The van der Waals surface area contributed by atoms with Crippen molar-refractivity contribution < 1.29 is 9.21 Å². The summed E-state index contributed by atoms with van der Waals surface area (Å²) in [6.07, 6.45) is 5.30. The van der Waals surface area contributed by atoms with Gasteiger partial charge in [-0.25, -0.2) is 0 Å². The molecule has 0 saturated heterocycles. The maximum atomic E-state index is 11.8. The highest BCUT2D eigenvalue weighted by atomic mass is 16.3. The van der Waals surface area contributed by atoms with E-state index in [1.807, 2.05) is 12.1 Å². The molecule has 0 radical (unpaired) electrons. The molecule has 0 aliphatic carbocycles. The molecule has 0 aliphatic heterocycles. The van der Waals surface area contributed by atoms with Gasteiger partial charge in [-0.05, 0) is 30.7 Å². The monoisotopic (exact) mass is 201 g/mol. The molecule has 3 nitrogen and oxygen atoms in total. The van der Waals surface area contributed by atoms with E-state index in [-0.39, 0.29) is 5.78 Å². The minimum Gasteiger partial charge on any atom is -0.469 e. The summed E-state index contributed by atoms with van der Waals surface area (Å²) in [5.74, 6) is 0.751. The Kier molecular flexibility index (Phi) is 2.63. The Balaban J connectivity index is 2.15. The van der Waals surface area contributed by atoms with Crippen molar-refractivity contribution in [3.63, 3.8) is 0 Å². The van der Waals surface area contributed by atoms with E-state index in [1.54, 1.807) is 25.4 Å². The predicted octanol–water partition coefficient (Wildman–Crippen LogP) is 2.41. The van der Waals surface area contributed by atoms with Crippen LogP contribution in [0.4, 0.5) is 0 Å². The smallest absolute Gasteiger partial charge is 0.170 e. The van der Waals surface area contributed by atoms with Gasteiger partial charge in [0.25, 0.3) is 0 Å². The molecule has 0 fully saturated rings. The van der Waals surface area contributed by atoms with Gasteiger partial charge in [0.2, 0.25) is 0 Å². The van der Waals surface area contributed by atoms with E-state index in [0.29, 0.717) is 17.7 Å². The number of hydrogen-bond donors (Lipinski definition) is 0. The van der Waals surface area contributed by atoms with Crippen LogP contribution in [-0.4, -0.2) is 10.8 Å². The molecule has 0 bridgehead atoms. The van der Waals surface area contributed by atoms with E-state index in [1.165, 1.54) is 6.26 Å². The first-order valence-electron chi connectivity index (χ1n) is 4.73. The van der Waals surface area contributed by atoms with Crippen LogP contribution in [-0.2, 0) is 6.42 Å². The fourth-order valence-corrected chi connectivity index (χ4v) is 1.46. The zero-order valence-corrected chi connectivity index (χ0v) is 8.43. The Morgan fingerprint density at radius 3 is 2.67 bits per heavy atom. The molecule has 2 aromatic heterocycles. The van der Waals surface area contributed by atoms with Crippen molar-refractivity contribution in [2.24, 2.45) is 0 Å². The van der Waals surface area contributed by atoms with Gasteiger partial charge in [-0.3, -0.25) is 9.78 Å². The van der Waals surface area contributed by atoms with Crippen molar-refractivity contribution in [2.45, 2.75) is 13.3 Å². The molecule has 0 aromatic carbocycles. The van der Waals surface area contributed by atoms with Crippen LogP contribution in [0.5, 0.6) is 0 Å². The molecule has 3 heteroatoms. The lowest BCUT2D eigenvalue weighted by molar-refractivity contribution is 0.0991. The van der Waals surface area contributed by atoms with Crippen molar-refractivity contribution >= 4 is 5.78 Å². The Hall–Kier alpha value is -1.90. The summed E-state index contributed by atoms with van der Waals surface area (Å²) in [6, 6.07) is 5.39. The van der Waals surface area contributed by atoms with Gasteiger partial charge >= 0.3 is 0 Å². The SMILES string of the molecule is Cc1occc1C(=O)Cc1ccncc1. The lowest BCUT2D eigenvalue weighted by Gasteiger charge is -1.99. The number of hydrogen-bond acceptors (Lipinski definition) is 3. The number of Topliss-reactive ketones (excluding diaryl/α,β-unsaturated/α-hetero) is 1. The van der Waals surface area contributed by atoms with Gasteiger partial charge < -0.3 is 4.42 Å². The number of aromatic nitrogens is 1. The molecule has 0 N–H and O–H groups in total.